The number of benzene rings is 4. The second kappa shape index (κ2) is 11.4. The molecule has 0 aromatic heterocycles. The Bertz CT molecular complexity index is 1510. The summed E-state index contributed by atoms with van der Waals surface area (Å²) in [7, 11) is 4.07. The summed E-state index contributed by atoms with van der Waals surface area (Å²) in [6.07, 6.45) is 0. The summed E-state index contributed by atoms with van der Waals surface area (Å²) in [5.41, 5.74) is 11.6. The third-order valence-electron chi connectivity index (χ3n) is 6.48. The molecule has 0 amide bonds. The Morgan fingerprint density at radius 3 is 2.19 bits per heavy atom. The number of hydrogen-bond acceptors (Lipinski definition) is 5. The third kappa shape index (κ3) is 5.39. The fraction of sp³-hybridized carbons (Fsp3) is 0.200. The quantitative estimate of drug-likeness (QED) is 0.203. The van der Waals surface area contributed by atoms with Gasteiger partial charge in [-0.1, -0.05) is 18.2 Å². The van der Waals surface area contributed by atoms with E-state index in [9.17, 15) is 0 Å². The number of nitrogens with one attached hydrogen (secondary N) is 1. The first-order valence-electron chi connectivity index (χ1n) is 12.4. The normalized spacial score (nSPS) is 11.4. The van der Waals surface area contributed by atoms with Crippen molar-refractivity contribution >= 4 is 40.5 Å². The van der Waals surface area contributed by atoms with Crippen LogP contribution in [0.15, 0.2) is 96.1 Å². The van der Waals surface area contributed by atoms with Gasteiger partial charge in [0.1, 0.15) is 0 Å². The van der Waals surface area contributed by atoms with Gasteiger partial charge in [0, 0.05) is 44.2 Å². The van der Waals surface area contributed by atoms with Crippen LogP contribution in [0.1, 0.15) is 13.8 Å². The summed E-state index contributed by atoms with van der Waals surface area (Å²) in [6, 6.07) is 31.4. The van der Waals surface area contributed by atoms with E-state index in [0.29, 0.717) is 0 Å². The van der Waals surface area contributed by atoms with Crippen LogP contribution in [-0.2, 0) is 0 Å². The lowest BCUT2D eigenvalue weighted by atomic mass is 10.1. The molecule has 190 valence electrons. The fourth-order valence-electron chi connectivity index (χ4n) is 4.50. The monoisotopic (exact) mass is 512 g/mol. The van der Waals surface area contributed by atoms with Crippen molar-refractivity contribution in [2.75, 3.05) is 42.4 Å². The molecular formula is C30H33ClN6. The van der Waals surface area contributed by atoms with Crippen molar-refractivity contribution in [1.82, 2.24) is 9.55 Å². The lowest BCUT2D eigenvalue weighted by molar-refractivity contribution is 0.866. The topological polar surface area (TPSA) is 48.7 Å². The first kappa shape index (κ1) is 26.0. The van der Waals surface area contributed by atoms with Gasteiger partial charge in [-0.3, -0.25) is 5.43 Å². The van der Waals surface area contributed by atoms with Gasteiger partial charge in [0.05, 0.1) is 33.5 Å². The van der Waals surface area contributed by atoms with Gasteiger partial charge in [0.2, 0.25) is 0 Å². The van der Waals surface area contributed by atoms with Gasteiger partial charge < -0.3 is 14.4 Å². The second-order valence-corrected chi connectivity index (χ2v) is 8.97. The van der Waals surface area contributed by atoms with Gasteiger partial charge in [0.15, 0.2) is 0 Å². The van der Waals surface area contributed by atoms with E-state index in [1.165, 1.54) is 5.69 Å². The minimum Gasteiger partial charge on any atom is -0.378 e. The molecule has 1 N–H and O–H groups in total. The lowest BCUT2D eigenvalue weighted by Gasteiger charge is -2.24. The Morgan fingerprint density at radius 2 is 1.51 bits per heavy atom. The van der Waals surface area contributed by atoms with Crippen molar-refractivity contribution < 1.29 is 0 Å². The largest absolute Gasteiger partial charge is 0.378 e. The van der Waals surface area contributed by atoms with Crippen LogP contribution >= 0.6 is 12.4 Å². The molecule has 0 fully saturated rings. The molecule has 3 aromatic rings. The number of halogens is 1. The molecule has 6 nitrogen and oxygen atoms in total. The molecule has 1 aliphatic carbocycles. The number of nitrogens with zero attached hydrogens (tertiary/aromatic N) is 5. The molecule has 0 atom stereocenters. The van der Waals surface area contributed by atoms with Crippen molar-refractivity contribution in [2.24, 2.45) is 5.10 Å². The van der Waals surface area contributed by atoms with Gasteiger partial charge >= 0.3 is 0 Å². The number of aromatic nitrogens is 2. The predicted octanol–water partition coefficient (Wildman–Crippen LogP) is 6.39. The summed E-state index contributed by atoms with van der Waals surface area (Å²) in [4.78, 5) is 9.43. The van der Waals surface area contributed by atoms with Crippen molar-refractivity contribution in [3.8, 4) is 17.1 Å². The molecule has 0 radical (unpaired) electrons. The summed E-state index contributed by atoms with van der Waals surface area (Å²) in [5.74, 6) is 0. The van der Waals surface area contributed by atoms with E-state index in [2.05, 4.69) is 99.4 Å². The second-order valence-electron chi connectivity index (χ2n) is 8.97. The average molecular weight is 513 g/mol. The van der Waals surface area contributed by atoms with Crippen molar-refractivity contribution in [3.05, 3.63) is 96.4 Å². The van der Waals surface area contributed by atoms with Crippen LogP contribution < -0.4 is 20.6 Å². The number of anilines is 3. The van der Waals surface area contributed by atoms with Crippen LogP contribution in [0.25, 0.3) is 28.1 Å². The van der Waals surface area contributed by atoms with Gasteiger partial charge in [-0.15, -0.1) is 12.4 Å². The molecule has 1 aliphatic heterocycles. The third-order valence-corrected chi connectivity index (χ3v) is 6.48. The van der Waals surface area contributed by atoms with Gasteiger partial charge in [-0.05, 0) is 86.6 Å². The van der Waals surface area contributed by atoms with E-state index in [0.717, 1.165) is 57.9 Å². The highest BCUT2D eigenvalue weighted by Gasteiger charge is 2.15. The van der Waals surface area contributed by atoms with E-state index in [1.54, 1.807) is 0 Å². The minimum atomic E-state index is 0. The van der Waals surface area contributed by atoms with E-state index < -0.39 is 0 Å². The predicted molar refractivity (Wildman–Crippen MR) is 158 cm³/mol. The molecule has 0 saturated heterocycles. The standard InChI is InChI=1S/C30H32N6.ClH/c1-5-35(6-2)26-17-19-28-30(21-26)36(25-10-8-7-9-11-25)29-20-23(14-18-27(29)31-28)33-32-22-12-15-24(16-13-22)34(3)4;/h7-21,32H,5-6H2,1-4H3;1H. The molecule has 1 heterocycles. The highest BCUT2D eigenvalue weighted by molar-refractivity contribution is 5.86. The van der Waals surface area contributed by atoms with E-state index in [1.807, 2.05) is 44.4 Å². The Hall–Kier alpha value is -4.03. The number of hydrogen-bond donors (Lipinski definition) is 1. The Morgan fingerprint density at radius 1 is 0.811 bits per heavy atom. The Labute approximate surface area is 224 Å². The molecule has 2 aliphatic rings. The minimum absolute atomic E-state index is 0. The number of para-hydroxylation sites is 1. The molecule has 0 saturated carbocycles. The Kier molecular flexibility index (Phi) is 7.99. The van der Waals surface area contributed by atoms with E-state index in [-0.39, 0.29) is 12.4 Å². The van der Waals surface area contributed by atoms with E-state index in [4.69, 9.17) is 4.98 Å². The zero-order valence-electron chi connectivity index (χ0n) is 21.7. The maximum Gasteiger partial charge on any atom is 0.0879 e. The SMILES string of the molecule is CCN(CC)c1ccc2nc3ccc(=NNc4ccc(N(C)C)cc4)cc-3n(-c3ccccc3)c2c1.Cl. The molecule has 0 unspecified atom stereocenters. The molecular weight excluding hydrogens is 480 g/mol. The lowest BCUT2D eigenvalue weighted by Crippen LogP contribution is -2.22. The van der Waals surface area contributed by atoms with Gasteiger partial charge in [0.25, 0.3) is 0 Å². The zero-order valence-corrected chi connectivity index (χ0v) is 22.5. The molecule has 0 spiro atoms. The Balaban J connectivity index is 0.00000320. The van der Waals surface area contributed by atoms with Crippen LogP contribution in [0.5, 0.6) is 0 Å². The van der Waals surface area contributed by atoms with Crippen molar-refractivity contribution in [2.45, 2.75) is 13.8 Å². The zero-order chi connectivity index (χ0) is 25.1. The van der Waals surface area contributed by atoms with Gasteiger partial charge in [-0.25, -0.2) is 4.98 Å². The summed E-state index contributed by atoms with van der Waals surface area (Å²) < 4.78 is 2.29. The summed E-state index contributed by atoms with van der Waals surface area (Å²) in [6.45, 7) is 6.29. The molecule has 0 bridgehead atoms. The fourth-order valence-corrected chi connectivity index (χ4v) is 4.50. The van der Waals surface area contributed by atoms with Crippen LogP contribution in [0, 0.1) is 0 Å². The van der Waals surface area contributed by atoms with Crippen LogP contribution in [0.3, 0.4) is 0 Å². The maximum absolute atomic E-state index is 5.00. The number of rotatable bonds is 7. The van der Waals surface area contributed by atoms with Crippen LogP contribution in [-0.4, -0.2) is 36.7 Å². The van der Waals surface area contributed by atoms with Gasteiger partial charge in [-0.2, -0.15) is 5.10 Å². The smallest absolute Gasteiger partial charge is 0.0879 e. The summed E-state index contributed by atoms with van der Waals surface area (Å²) in [5, 5.41) is 5.51. The summed E-state index contributed by atoms with van der Waals surface area (Å²) >= 11 is 0. The van der Waals surface area contributed by atoms with Crippen LogP contribution in [0.4, 0.5) is 17.1 Å². The maximum atomic E-state index is 5.00. The highest BCUT2D eigenvalue weighted by atomic mass is 35.5. The first-order valence-corrected chi connectivity index (χ1v) is 12.4. The van der Waals surface area contributed by atoms with Crippen molar-refractivity contribution in [3.63, 3.8) is 0 Å². The number of fused-ring (bicyclic) bond motifs is 2. The van der Waals surface area contributed by atoms with E-state index >= 15 is 0 Å². The molecule has 5 rings (SSSR count). The molecule has 7 heteroatoms. The van der Waals surface area contributed by atoms with Crippen LogP contribution in [0.2, 0.25) is 0 Å². The highest BCUT2D eigenvalue weighted by Crippen LogP contribution is 2.30. The molecule has 37 heavy (non-hydrogen) atoms. The average Bonchev–Trinajstić information content (AvgIpc) is 2.92. The first-order chi connectivity index (χ1) is 17.6. The molecule has 3 aromatic carbocycles. The van der Waals surface area contributed by atoms with Crippen molar-refractivity contribution in [1.29, 1.82) is 0 Å².